The van der Waals surface area contributed by atoms with Crippen molar-refractivity contribution < 1.29 is 116 Å². The van der Waals surface area contributed by atoms with E-state index in [-0.39, 0.29) is 89.6 Å². The lowest BCUT2D eigenvalue weighted by Gasteiger charge is -2.26. The van der Waals surface area contributed by atoms with Crippen molar-refractivity contribution in [1.82, 2.24) is 21.3 Å². The van der Waals surface area contributed by atoms with Gasteiger partial charge in [0.05, 0.1) is 71.2 Å². The van der Waals surface area contributed by atoms with Gasteiger partial charge in [0, 0.05) is 136 Å². The molecule has 30 heteroatoms. The second-order valence-electron chi connectivity index (χ2n) is 27.4. The van der Waals surface area contributed by atoms with Gasteiger partial charge in [0.25, 0.3) is 0 Å². The third-order valence-electron chi connectivity index (χ3n) is 18.2. The van der Waals surface area contributed by atoms with Crippen molar-refractivity contribution >= 4 is 139 Å². The fourth-order valence-electron chi connectivity index (χ4n) is 11.8. The molecule has 0 bridgehead atoms. The van der Waals surface area contributed by atoms with E-state index in [2.05, 4.69) is 36.6 Å². The highest BCUT2D eigenvalue weighted by molar-refractivity contribution is 6.01. The van der Waals surface area contributed by atoms with Gasteiger partial charge in [-0.3, -0.25) is 86.3 Å². The Kier molecular flexibility index (Phi) is 43.2. The molecule has 0 aromatic heterocycles. The number of amides is 4. The van der Waals surface area contributed by atoms with E-state index in [0.29, 0.717) is 25.9 Å². The number of rotatable bonds is 52. The molecule has 30 nitrogen and oxygen atoms in total. The average molecular weight is 1540 g/mol. The van der Waals surface area contributed by atoms with Crippen LogP contribution in [0.4, 0.5) is 11.4 Å². The molecule has 0 aliphatic rings. The summed E-state index contributed by atoms with van der Waals surface area (Å²) in [6, 6.07) is 22.2. The molecular formula is C80H108N6O24. The van der Waals surface area contributed by atoms with Gasteiger partial charge in [-0.25, -0.2) is 0 Å². The summed E-state index contributed by atoms with van der Waals surface area (Å²) in [6.07, 6.45) is -5.10. The van der Waals surface area contributed by atoms with Crippen molar-refractivity contribution in [2.24, 2.45) is 35.5 Å². The Morgan fingerprint density at radius 2 is 0.727 bits per heavy atom. The number of carbonyl (C=O) groups excluding carboxylic acids is 15. The van der Waals surface area contributed by atoms with Crippen molar-refractivity contribution in [3.8, 4) is 0 Å². The minimum Gasteiger partial charge on any atom is -0.481 e. The van der Waals surface area contributed by atoms with Crippen LogP contribution in [-0.4, -0.2) is 180 Å². The van der Waals surface area contributed by atoms with Gasteiger partial charge in [0.1, 0.15) is 23.1 Å². The smallest absolute Gasteiger partial charge is 0.308 e. The molecule has 110 heavy (non-hydrogen) atoms. The first-order valence-corrected chi connectivity index (χ1v) is 36.2. The summed E-state index contributed by atoms with van der Waals surface area (Å²) in [5, 5.41) is 48.7. The molecule has 0 radical (unpaired) electrons. The topological polar surface area (TPSA) is 468 Å². The minimum absolute atomic E-state index is 0. The van der Waals surface area contributed by atoms with E-state index >= 15 is 0 Å². The summed E-state index contributed by atoms with van der Waals surface area (Å²) in [4.78, 5) is 226. The molecule has 0 spiro atoms. The number of benzene rings is 4. The van der Waals surface area contributed by atoms with E-state index in [1.165, 1.54) is 6.92 Å². The number of carboxylic acid groups (broad SMARTS) is 3. The number of aliphatic carboxylic acids is 3. The lowest BCUT2D eigenvalue weighted by Crippen LogP contribution is -2.49. The highest BCUT2D eigenvalue weighted by atomic mass is 16.5. The minimum atomic E-state index is -1.59. The zero-order valence-electron chi connectivity index (χ0n) is 63.3. The molecule has 602 valence electrons. The summed E-state index contributed by atoms with van der Waals surface area (Å²) < 4.78 is 14.1. The van der Waals surface area contributed by atoms with Gasteiger partial charge in [0.15, 0.2) is 23.1 Å². The maximum atomic E-state index is 13.7. The van der Waals surface area contributed by atoms with Crippen LogP contribution >= 0.6 is 0 Å². The Hall–Kier alpha value is -10.9. The zero-order valence-corrected chi connectivity index (χ0v) is 63.3. The Morgan fingerprint density at radius 3 is 1.11 bits per heavy atom. The highest BCUT2D eigenvalue weighted by Gasteiger charge is 2.37. The van der Waals surface area contributed by atoms with E-state index < -0.39 is 199 Å². The van der Waals surface area contributed by atoms with Gasteiger partial charge in [0.2, 0.25) is 23.6 Å². The second kappa shape index (κ2) is 49.9. The van der Waals surface area contributed by atoms with Crippen LogP contribution in [0, 0.1) is 35.5 Å². The monoisotopic (exact) mass is 1540 g/mol. The van der Waals surface area contributed by atoms with Crippen molar-refractivity contribution in [2.75, 3.05) is 45.1 Å². The fourth-order valence-corrected chi connectivity index (χ4v) is 11.8. The number of fused-ring (bicyclic) bond motifs is 2. The SMILES string of the molecule is C.CC(=O)C(CC(=O)O)CC(=O)[C@H](NC(=O)C(CCC(=O)O)CC(=O)C(CC(=O)O)NC(=O)CCC(=O)CCCNc1cccc2ccccc12)C(C)C.COC(=O)CCC(CC(=O)C(CC(=O)OC)NC(=O)CCC(=O)CCCNc1cccc2ccccc12)C(=O)N[C@@H](C(=O)CC(CC(=O)OC)C(C)=O)C(C)C. The summed E-state index contributed by atoms with van der Waals surface area (Å²) in [5.41, 5.74) is 1.88. The molecule has 8 atom stereocenters. The first kappa shape index (κ1) is 95.1. The number of carbonyl (C=O) groups is 18. The van der Waals surface area contributed by atoms with Crippen LogP contribution in [0.3, 0.4) is 0 Å². The van der Waals surface area contributed by atoms with Gasteiger partial charge < -0.3 is 61.4 Å². The maximum Gasteiger partial charge on any atom is 0.308 e. The van der Waals surface area contributed by atoms with Crippen LogP contribution in [0.1, 0.15) is 177 Å². The van der Waals surface area contributed by atoms with E-state index in [0.717, 1.165) is 61.2 Å². The van der Waals surface area contributed by atoms with E-state index in [1.54, 1.807) is 27.7 Å². The first-order valence-electron chi connectivity index (χ1n) is 36.2. The number of ether oxygens (including phenoxy) is 3. The van der Waals surface area contributed by atoms with Crippen LogP contribution in [0.2, 0.25) is 0 Å². The van der Waals surface area contributed by atoms with Crippen molar-refractivity contribution in [3.63, 3.8) is 0 Å². The van der Waals surface area contributed by atoms with Crippen LogP contribution in [0.25, 0.3) is 21.5 Å². The molecule has 0 fully saturated rings. The van der Waals surface area contributed by atoms with Gasteiger partial charge in [-0.15, -0.1) is 0 Å². The van der Waals surface area contributed by atoms with E-state index in [9.17, 15) is 96.5 Å². The number of esters is 3. The molecule has 4 amide bonds. The maximum absolute atomic E-state index is 13.7. The third-order valence-corrected chi connectivity index (χ3v) is 18.2. The van der Waals surface area contributed by atoms with Gasteiger partial charge in [-0.2, -0.15) is 0 Å². The predicted octanol–water partition coefficient (Wildman–Crippen LogP) is 8.02. The third kappa shape index (κ3) is 35.4. The van der Waals surface area contributed by atoms with Crippen LogP contribution in [0.15, 0.2) is 84.9 Å². The van der Waals surface area contributed by atoms with E-state index in [4.69, 9.17) is 14.6 Å². The highest BCUT2D eigenvalue weighted by Crippen LogP contribution is 2.27. The lowest BCUT2D eigenvalue weighted by atomic mass is 9.87. The number of ketones is 8. The largest absolute Gasteiger partial charge is 0.481 e. The molecule has 4 aromatic rings. The number of Topliss-reactive ketones (excluding diaryl/α,β-unsaturated/α-hetero) is 8. The Bertz CT molecular complexity index is 3880. The molecule has 0 saturated carbocycles. The van der Waals surface area contributed by atoms with Gasteiger partial charge in [-0.1, -0.05) is 108 Å². The Morgan fingerprint density at radius 1 is 0.364 bits per heavy atom. The van der Waals surface area contributed by atoms with E-state index in [1.807, 2.05) is 84.9 Å². The number of nitrogens with one attached hydrogen (secondary N) is 6. The fraction of sp³-hybridized carbons (Fsp3) is 0.525. The molecular weight excluding hydrogens is 1430 g/mol. The Labute approximate surface area is 640 Å². The van der Waals surface area contributed by atoms with Crippen molar-refractivity contribution in [2.45, 2.75) is 202 Å². The molecule has 4 aromatic carbocycles. The molecule has 0 heterocycles. The number of carboxylic acids is 3. The number of anilines is 2. The van der Waals surface area contributed by atoms with Crippen LogP contribution in [-0.2, 0) is 101 Å². The quantitative estimate of drug-likeness (QED) is 0.0115. The molecule has 0 aliphatic heterocycles. The average Bonchev–Trinajstić information content (AvgIpc) is 0.843. The number of hydrogen-bond donors (Lipinski definition) is 9. The molecule has 0 aliphatic carbocycles. The summed E-state index contributed by atoms with van der Waals surface area (Å²) in [5.74, 6) is -18.9. The predicted molar refractivity (Wildman–Crippen MR) is 406 cm³/mol. The second-order valence-corrected chi connectivity index (χ2v) is 27.4. The molecule has 0 saturated heterocycles. The summed E-state index contributed by atoms with van der Waals surface area (Å²) in [6.45, 7) is 9.94. The molecule has 6 unspecified atom stereocenters. The van der Waals surface area contributed by atoms with Crippen LogP contribution < -0.4 is 31.9 Å². The normalized spacial score (nSPS) is 13.0. The standard InChI is InChI=1S/C41H55N3O12.C38H49N3O12.CH4/c1-25(2)40(35(48)22-29(26(3)45)23-38(51)55-5)44-41(53)28(16-19-37(50)54-4)21-34(47)33(24-39(52)56-6)43-36(49)18-17-30(46)13-10-20-42-32-15-9-12-27-11-7-8-14-31(27)32;1-22(2)37(32(45)19-26(23(3)42)20-35(49)50)41-38(53)25(13-16-34(47)48)18-31(44)30(21-36(51)52)40-33(46)15-14-27(43)10-7-17-39-29-12-6-9-24-8-4-5-11-28(24)29;/h7-9,11-12,14-15,25,28-29,33,40,42H,10,13,16-24H2,1-6H3,(H,43,49)(H,44,53);4-6,8-9,11-12,22,25-26,30,37,39H,7,10,13-21H2,1-3H3,(H,40,46)(H,41,53)(H,47,48)(H,49,50)(H,51,52);1H4/t28?,29?,33?,40-;25?,26?,30?,37-;/m11./s1. The molecule has 9 N–H and O–H groups in total. The van der Waals surface area contributed by atoms with Gasteiger partial charge >= 0.3 is 35.8 Å². The van der Waals surface area contributed by atoms with Gasteiger partial charge in [-0.05, 0) is 74.3 Å². The number of methoxy groups -OCH3 is 3. The summed E-state index contributed by atoms with van der Waals surface area (Å²) >= 11 is 0. The Balaban J connectivity index is 0.000000741. The summed E-state index contributed by atoms with van der Waals surface area (Å²) in [7, 11) is 3.42. The van der Waals surface area contributed by atoms with Crippen molar-refractivity contribution in [1.29, 1.82) is 0 Å². The van der Waals surface area contributed by atoms with Crippen LogP contribution in [0.5, 0.6) is 0 Å². The molecule has 4 rings (SSSR count). The lowest BCUT2D eigenvalue weighted by molar-refractivity contribution is -0.145. The first-order chi connectivity index (χ1) is 51.6. The van der Waals surface area contributed by atoms with Crippen molar-refractivity contribution in [3.05, 3.63) is 84.9 Å². The zero-order chi connectivity index (χ0) is 81.4. The number of hydrogen-bond acceptors (Lipinski definition) is 23.